The molecule has 5 rings (SSSR count). The Bertz CT molecular complexity index is 1510. The van der Waals surface area contributed by atoms with Crippen LogP contribution in [0.15, 0.2) is 89.3 Å². The molecule has 1 aliphatic heterocycles. The number of rotatable bonds is 5. The summed E-state index contributed by atoms with van der Waals surface area (Å²) in [5.41, 5.74) is -2.42. The molecule has 5 nitrogen and oxygen atoms in total. The van der Waals surface area contributed by atoms with Crippen molar-refractivity contribution in [1.82, 2.24) is 0 Å². The van der Waals surface area contributed by atoms with Crippen LogP contribution < -0.4 is 10.2 Å². The number of alkyl halides is 3. The number of benzene rings is 3. The fourth-order valence-electron chi connectivity index (χ4n) is 4.33. The van der Waals surface area contributed by atoms with Crippen LogP contribution in [0.2, 0.25) is 0 Å². The number of carbonyl (C=O) groups excluding carboxylic acids is 2. The molecular formula is C27H17F5N2O3. The van der Waals surface area contributed by atoms with Crippen LogP contribution in [0.3, 0.4) is 0 Å². The summed E-state index contributed by atoms with van der Waals surface area (Å²) >= 11 is 0. The van der Waals surface area contributed by atoms with Gasteiger partial charge in [0, 0.05) is 16.9 Å². The number of β-lactam (4-membered cyclic amide) rings is 1. The van der Waals surface area contributed by atoms with Crippen LogP contribution in [0.1, 0.15) is 17.7 Å². The van der Waals surface area contributed by atoms with E-state index in [1.165, 1.54) is 60.7 Å². The fourth-order valence-corrected chi connectivity index (χ4v) is 4.33. The predicted molar refractivity (Wildman–Crippen MR) is 124 cm³/mol. The summed E-state index contributed by atoms with van der Waals surface area (Å²) in [6.07, 6.45) is -4.95. The van der Waals surface area contributed by atoms with Crippen molar-refractivity contribution >= 4 is 23.2 Å². The first-order chi connectivity index (χ1) is 17.6. The van der Waals surface area contributed by atoms with E-state index in [1.54, 1.807) is 0 Å². The maximum atomic E-state index is 14.0. The number of anilines is 2. The molecule has 37 heavy (non-hydrogen) atoms. The SMILES string of the molecule is O=C1CC(C(=O)Nc2cccc(F)c2)(c2ccc(-c3cccc(C(F)(F)F)c3)o2)N1c1cccc(F)c1. The Morgan fingerprint density at radius 3 is 2.27 bits per heavy atom. The van der Waals surface area contributed by atoms with Crippen LogP contribution in [0.25, 0.3) is 11.3 Å². The lowest BCUT2D eigenvalue weighted by atomic mass is 9.79. The highest BCUT2D eigenvalue weighted by Crippen LogP contribution is 2.47. The molecular weight excluding hydrogens is 495 g/mol. The third-order valence-electron chi connectivity index (χ3n) is 6.05. The van der Waals surface area contributed by atoms with Crippen molar-refractivity contribution in [3.63, 3.8) is 0 Å². The zero-order valence-electron chi connectivity index (χ0n) is 18.9. The molecule has 0 spiro atoms. The number of nitrogens with one attached hydrogen (secondary N) is 1. The summed E-state index contributed by atoms with van der Waals surface area (Å²) in [6, 6.07) is 17.3. The first-order valence-corrected chi connectivity index (χ1v) is 11.0. The maximum Gasteiger partial charge on any atom is 0.416 e. The number of amides is 2. The number of carbonyl (C=O) groups is 2. The average Bonchev–Trinajstić information content (AvgIpc) is 3.32. The van der Waals surface area contributed by atoms with Crippen LogP contribution in [0.5, 0.6) is 0 Å². The highest BCUT2D eigenvalue weighted by atomic mass is 19.4. The minimum Gasteiger partial charge on any atom is -0.458 e. The van der Waals surface area contributed by atoms with Crippen LogP contribution in [-0.2, 0) is 21.3 Å². The molecule has 1 atom stereocenters. The molecule has 1 aliphatic rings. The normalized spacial score (nSPS) is 17.4. The van der Waals surface area contributed by atoms with E-state index in [2.05, 4.69) is 5.32 Å². The van der Waals surface area contributed by atoms with Gasteiger partial charge in [0.05, 0.1) is 12.0 Å². The number of hydrogen-bond donors (Lipinski definition) is 1. The van der Waals surface area contributed by atoms with E-state index in [0.29, 0.717) is 0 Å². The van der Waals surface area contributed by atoms with Crippen LogP contribution in [0, 0.1) is 11.6 Å². The molecule has 1 N–H and O–H groups in total. The standard InChI is InChI=1S/C27H17F5N2O3/c28-18-6-2-8-20(13-18)33-25(36)26(15-24(35)34(26)21-9-3-7-19(29)14-21)23-11-10-22(37-23)16-4-1-5-17(12-16)27(30,31)32/h1-14H,15H2,(H,33,36). The maximum absolute atomic E-state index is 14.0. The van der Waals surface area contributed by atoms with Gasteiger partial charge >= 0.3 is 6.18 Å². The van der Waals surface area contributed by atoms with Gasteiger partial charge in [0.2, 0.25) is 5.91 Å². The fraction of sp³-hybridized carbons (Fsp3) is 0.111. The van der Waals surface area contributed by atoms with Crippen molar-refractivity contribution in [2.45, 2.75) is 18.1 Å². The summed E-state index contributed by atoms with van der Waals surface area (Å²) in [4.78, 5) is 27.5. The molecule has 0 radical (unpaired) electrons. The van der Waals surface area contributed by atoms with Gasteiger partial charge in [0.15, 0.2) is 5.54 Å². The van der Waals surface area contributed by atoms with Gasteiger partial charge in [-0.3, -0.25) is 14.5 Å². The van der Waals surface area contributed by atoms with Gasteiger partial charge in [0.25, 0.3) is 5.91 Å². The van der Waals surface area contributed by atoms with Crippen molar-refractivity contribution in [1.29, 1.82) is 0 Å². The monoisotopic (exact) mass is 512 g/mol. The largest absolute Gasteiger partial charge is 0.458 e. The van der Waals surface area contributed by atoms with Crippen LogP contribution in [-0.4, -0.2) is 11.8 Å². The third-order valence-corrected chi connectivity index (χ3v) is 6.05. The second kappa shape index (κ2) is 8.88. The zero-order valence-corrected chi connectivity index (χ0v) is 18.9. The lowest BCUT2D eigenvalue weighted by molar-refractivity contribution is -0.138. The molecule has 188 valence electrons. The summed E-state index contributed by atoms with van der Waals surface area (Å²) in [5, 5.41) is 2.56. The molecule has 0 saturated carbocycles. The Kier molecular flexibility index (Phi) is 5.82. The molecule has 4 aromatic rings. The summed E-state index contributed by atoms with van der Waals surface area (Å²) in [6.45, 7) is 0. The van der Waals surface area contributed by atoms with E-state index < -0.39 is 40.7 Å². The van der Waals surface area contributed by atoms with Gasteiger partial charge in [0.1, 0.15) is 23.2 Å². The van der Waals surface area contributed by atoms with E-state index in [1.807, 2.05) is 0 Å². The molecule has 1 aromatic heterocycles. The lowest BCUT2D eigenvalue weighted by Crippen LogP contribution is -2.67. The molecule has 1 unspecified atom stereocenters. The Morgan fingerprint density at radius 1 is 0.892 bits per heavy atom. The second-order valence-corrected chi connectivity index (χ2v) is 8.45. The van der Waals surface area contributed by atoms with Crippen molar-refractivity contribution in [2.24, 2.45) is 0 Å². The molecule has 1 fully saturated rings. The minimum atomic E-state index is -4.58. The highest BCUT2D eigenvalue weighted by Gasteiger charge is 2.61. The topological polar surface area (TPSA) is 62.6 Å². The summed E-state index contributed by atoms with van der Waals surface area (Å²) < 4.78 is 73.3. The smallest absolute Gasteiger partial charge is 0.416 e. The number of nitrogens with zero attached hydrogens (tertiary/aromatic N) is 1. The van der Waals surface area contributed by atoms with Gasteiger partial charge in [-0.2, -0.15) is 13.2 Å². The lowest BCUT2D eigenvalue weighted by Gasteiger charge is -2.48. The molecule has 2 amide bonds. The van der Waals surface area contributed by atoms with E-state index >= 15 is 0 Å². The quantitative estimate of drug-likeness (QED) is 0.245. The number of furan rings is 1. The van der Waals surface area contributed by atoms with E-state index in [4.69, 9.17) is 4.42 Å². The van der Waals surface area contributed by atoms with Gasteiger partial charge in [-0.25, -0.2) is 8.78 Å². The Morgan fingerprint density at radius 2 is 1.59 bits per heavy atom. The van der Waals surface area contributed by atoms with E-state index in [0.717, 1.165) is 29.2 Å². The first-order valence-electron chi connectivity index (χ1n) is 11.0. The van der Waals surface area contributed by atoms with Gasteiger partial charge < -0.3 is 9.73 Å². The molecule has 10 heteroatoms. The molecule has 3 aromatic carbocycles. The van der Waals surface area contributed by atoms with E-state index in [-0.39, 0.29) is 34.9 Å². The minimum absolute atomic E-state index is 0.0255. The molecule has 0 aliphatic carbocycles. The average molecular weight is 512 g/mol. The van der Waals surface area contributed by atoms with E-state index in [9.17, 15) is 31.5 Å². The Hall–Kier alpha value is -4.47. The van der Waals surface area contributed by atoms with Crippen LogP contribution in [0.4, 0.5) is 33.3 Å². The zero-order chi connectivity index (χ0) is 26.4. The summed E-state index contributed by atoms with van der Waals surface area (Å²) in [7, 11) is 0. The van der Waals surface area contributed by atoms with Crippen molar-refractivity contribution in [2.75, 3.05) is 10.2 Å². The van der Waals surface area contributed by atoms with Gasteiger partial charge in [-0.15, -0.1) is 0 Å². The van der Waals surface area contributed by atoms with Gasteiger partial charge in [-0.05, 0) is 60.7 Å². The second-order valence-electron chi connectivity index (χ2n) is 8.45. The molecule has 0 bridgehead atoms. The van der Waals surface area contributed by atoms with Gasteiger partial charge in [-0.1, -0.05) is 24.3 Å². The Labute approximate surface area is 207 Å². The molecule has 1 saturated heterocycles. The predicted octanol–water partition coefficient (Wildman–Crippen LogP) is 6.51. The molecule has 2 heterocycles. The third kappa shape index (κ3) is 4.35. The Balaban J connectivity index is 1.60. The highest BCUT2D eigenvalue weighted by molar-refractivity contribution is 6.16. The number of halogens is 5. The van der Waals surface area contributed by atoms with Crippen molar-refractivity contribution in [3.05, 3.63) is 108 Å². The van der Waals surface area contributed by atoms with Crippen LogP contribution >= 0.6 is 0 Å². The number of hydrogen-bond acceptors (Lipinski definition) is 3. The first kappa shape index (κ1) is 24.2. The summed E-state index contributed by atoms with van der Waals surface area (Å²) in [5.74, 6) is -2.58. The van der Waals surface area contributed by atoms with Crippen molar-refractivity contribution in [3.8, 4) is 11.3 Å². The van der Waals surface area contributed by atoms with Crippen molar-refractivity contribution < 1.29 is 36.0 Å².